The van der Waals surface area contributed by atoms with Crippen molar-refractivity contribution in [2.45, 2.75) is 20.3 Å². The second-order valence-corrected chi connectivity index (χ2v) is 5.77. The van der Waals surface area contributed by atoms with E-state index in [0.29, 0.717) is 17.8 Å². The molecule has 19 heavy (non-hydrogen) atoms. The quantitative estimate of drug-likeness (QED) is 0.742. The lowest BCUT2D eigenvalue weighted by molar-refractivity contribution is 0.0697. The van der Waals surface area contributed by atoms with Crippen LogP contribution in [0, 0.1) is 11.3 Å². The zero-order valence-electron chi connectivity index (χ0n) is 11.5. The number of carboxylic acids is 1. The molecule has 0 radical (unpaired) electrons. The van der Waals surface area contributed by atoms with E-state index in [4.69, 9.17) is 9.84 Å². The van der Waals surface area contributed by atoms with Crippen molar-refractivity contribution in [1.82, 2.24) is 5.32 Å². The summed E-state index contributed by atoms with van der Waals surface area (Å²) < 4.78 is 5.54. The van der Waals surface area contributed by atoms with Crippen LogP contribution in [0.3, 0.4) is 0 Å². The van der Waals surface area contributed by atoms with Crippen LogP contribution in [0.1, 0.15) is 30.6 Å². The van der Waals surface area contributed by atoms with E-state index in [1.165, 1.54) is 6.42 Å². The van der Waals surface area contributed by atoms with Gasteiger partial charge in [0.2, 0.25) is 0 Å². The van der Waals surface area contributed by atoms with Crippen molar-refractivity contribution in [3.8, 4) is 5.75 Å². The van der Waals surface area contributed by atoms with E-state index in [1.807, 2.05) is 0 Å². The minimum Gasteiger partial charge on any atom is -0.492 e. The fourth-order valence-electron chi connectivity index (χ4n) is 2.14. The van der Waals surface area contributed by atoms with Crippen molar-refractivity contribution in [1.29, 1.82) is 0 Å². The molecule has 2 N–H and O–H groups in total. The summed E-state index contributed by atoms with van der Waals surface area (Å²) in [6.45, 7) is 7.04. The van der Waals surface area contributed by atoms with Gasteiger partial charge < -0.3 is 15.2 Å². The monoisotopic (exact) mass is 263 g/mol. The number of hydrogen-bond acceptors (Lipinski definition) is 3. The van der Waals surface area contributed by atoms with Gasteiger partial charge in [0.15, 0.2) is 0 Å². The highest BCUT2D eigenvalue weighted by molar-refractivity contribution is 5.87. The highest BCUT2D eigenvalue weighted by Crippen LogP contribution is 2.50. The Kier molecular flexibility index (Phi) is 4.10. The Balaban J connectivity index is 1.61. The lowest BCUT2D eigenvalue weighted by atomic mass is 10.1. The van der Waals surface area contributed by atoms with Crippen molar-refractivity contribution >= 4 is 5.97 Å². The van der Waals surface area contributed by atoms with Crippen LogP contribution in [-0.2, 0) is 0 Å². The molecule has 4 nitrogen and oxygen atoms in total. The first kappa shape index (κ1) is 13.9. The molecule has 1 fully saturated rings. The smallest absolute Gasteiger partial charge is 0.335 e. The summed E-state index contributed by atoms with van der Waals surface area (Å²) in [5, 5.41) is 12.2. The van der Waals surface area contributed by atoms with Crippen molar-refractivity contribution in [2.75, 3.05) is 19.7 Å². The maximum absolute atomic E-state index is 10.7. The number of rotatable bonds is 7. The summed E-state index contributed by atoms with van der Waals surface area (Å²) in [7, 11) is 0. The summed E-state index contributed by atoms with van der Waals surface area (Å²) in [6.07, 6.45) is 1.30. The highest BCUT2D eigenvalue weighted by Gasteiger charge is 2.44. The molecule has 0 bridgehead atoms. The summed E-state index contributed by atoms with van der Waals surface area (Å²) in [4.78, 5) is 10.7. The summed E-state index contributed by atoms with van der Waals surface area (Å²) in [6, 6.07) is 6.48. The lowest BCUT2D eigenvalue weighted by Crippen LogP contribution is -2.24. The van der Waals surface area contributed by atoms with Gasteiger partial charge in [0.1, 0.15) is 12.4 Å². The third kappa shape index (κ3) is 3.96. The second-order valence-electron chi connectivity index (χ2n) is 5.77. The Morgan fingerprint density at radius 1 is 1.42 bits per heavy atom. The van der Waals surface area contributed by atoms with E-state index in [2.05, 4.69) is 19.2 Å². The first-order valence-corrected chi connectivity index (χ1v) is 6.66. The maximum Gasteiger partial charge on any atom is 0.335 e. The number of nitrogens with one attached hydrogen (secondary N) is 1. The highest BCUT2D eigenvalue weighted by atomic mass is 16.5. The molecule has 0 spiro atoms. The SMILES string of the molecule is CC1(C)CC1CNCCOc1ccc(C(=O)O)cc1. The maximum atomic E-state index is 10.7. The largest absolute Gasteiger partial charge is 0.492 e. The first-order valence-electron chi connectivity index (χ1n) is 6.66. The van der Waals surface area contributed by atoms with Crippen LogP contribution in [0.5, 0.6) is 5.75 Å². The van der Waals surface area contributed by atoms with Gasteiger partial charge >= 0.3 is 5.97 Å². The molecule has 4 heteroatoms. The van der Waals surface area contributed by atoms with Gasteiger partial charge in [-0.2, -0.15) is 0 Å². The van der Waals surface area contributed by atoms with Gasteiger partial charge in [0.25, 0.3) is 0 Å². The molecule has 1 unspecified atom stereocenters. The molecule has 0 aromatic heterocycles. The fourth-order valence-corrected chi connectivity index (χ4v) is 2.14. The van der Waals surface area contributed by atoms with Crippen LogP contribution in [-0.4, -0.2) is 30.8 Å². The van der Waals surface area contributed by atoms with Crippen molar-refractivity contribution in [2.24, 2.45) is 11.3 Å². The molecule has 0 aliphatic heterocycles. The molecule has 1 saturated carbocycles. The van der Waals surface area contributed by atoms with Gasteiger partial charge in [-0.1, -0.05) is 13.8 Å². The second kappa shape index (κ2) is 5.61. The van der Waals surface area contributed by atoms with Crippen LogP contribution in [0.25, 0.3) is 0 Å². The predicted octanol–water partition coefficient (Wildman–Crippen LogP) is 2.40. The fraction of sp³-hybridized carbons (Fsp3) is 0.533. The number of benzene rings is 1. The van der Waals surface area contributed by atoms with Crippen molar-refractivity contribution in [3.63, 3.8) is 0 Å². The Hall–Kier alpha value is -1.55. The number of carboxylic acid groups (broad SMARTS) is 1. The third-order valence-electron chi connectivity index (χ3n) is 3.76. The lowest BCUT2D eigenvalue weighted by Gasteiger charge is -2.08. The van der Waals surface area contributed by atoms with E-state index in [-0.39, 0.29) is 5.56 Å². The average Bonchev–Trinajstić information content (AvgIpc) is 2.97. The topological polar surface area (TPSA) is 58.6 Å². The first-order chi connectivity index (χ1) is 8.99. The molecule has 0 amide bonds. The summed E-state index contributed by atoms with van der Waals surface area (Å²) >= 11 is 0. The molecule has 0 heterocycles. The Bertz CT molecular complexity index is 439. The number of ether oxygens (including phenoxy) is 1. The molecule has 1 aromatic rings. The van der Waals surface area contributed by atoms with E-state index < -0.39 is 5.97 Å². The normalized spacial score (nSPS) is 20.0. The van der Waals surface area contributed by atoms with E-state index in [1.54, 1.807) is 24.3 Å². The van der Waals surface area contributed by atoms with Crippen LogP contribution >= 0.6 is 0 Å². The Morgan fingerprint density at radius 2 is 2.05 bits per heavy atom. The van der Waals surface area contributed by atoms with E-state index >= 15 is 0 Å². The standard InChI is InChI=1S/C15H21NO3/c1-15(2)9-12(15)10-16-7-8-19-13-5-3-11(4-6-13)14(17)18/h3-6,12,16H,7-10H2,1-2H3,(H,17,18). The van der Waals surface area contributed by atoms with Gasteiger partial charge in [-0.25, -0.2) is 4.79 Å². The Morgan fingerprint density at radius 3 is 2.58 bits per heavy atom. The van der Waals surface area contributed by atoms with Crippen LogP contribution in [0.2, 0.25) is 0 Å². The van der Waals surface area contributed by atoms with E-state index in [9.17, 15) is 4.79 Å². The average molecular weight is 263 g/mol. The molecule has 1 aliphatic carbocycles. The minimum atomic E-state index is -0.916. The Labute approximate surface area is 113 Å². The van der Waals surface area contributed by atoms with Crippen molar-refractivity contribution in [3.05, 3.63) is 29.8 Å². The van der Waals surface area contributed by atoms with Gasteiger partial charge in [-0.3, -0.25) is 0 Å². The van der Waals surface area contributed by atoms with Gasteiger partial charge in [0, 0.05) is 6.54 Å². The molecule has 1 aliphatic rings. The molecular weight excluding hydrogens is 242 g/mol. The zero-order valence-corrected chi connectivity index (χ0v) is 11.5. The molecule has 2 rings (SSSR count). The molecule has 104 valence electrons. The third-order valence-corrected chi connectivity index (χ3v) is 3.76. The van der Waals surface area contributed by atoms with Crippen LogP contribution < -0.4 is 10.1 Å². The number of hydrogen-bond donors (Lipinski definition) is 2. The molecule has 1 aromatic carbocycles. The van der Waals surface area contributed by atoms with Crippen LogP contribution in [0.15, 0.2) is 24.3 Å². The summed E-state index contributed by atoms with van der Waals surface area (Å²) in [5.41, 5.74) is 0.794. The summed E-state index contributed by atoms with van der Waals surface area (Å²) in [5.74, 6) is 0.584. The van der Waals surface area contributed by atoms with Crippen LogP contribution in [0.4, 0.5) is 0 Å². The molecular formula is C15H21NO3. The van der Waals surface area contributed by atoms with Crippen molar-refractivity contribution < 1.29 is 14.6 Å². The zero-order chi connectivity index (χ0) is 13.9. The number of carbonyl (C=O) groups is 1. The minimum absolute atomic E-state index is 0.279. The van der Waals surface area contributed by atoms with Gasteiger partial charge in [0.05, 0.1) is 5.56 Å². The molecule has 1 atom stereocenters. The molecule has 0 saturated heterocycles. The van der Waals surface area contributed by atoms with Gasteiger partial charge in [-0.15, -0.1) is 0 Å². The van der Waals surface area contributed by atoms with Gasteiger partial charge in [-0.05, 0) is 48.6 Å². The predicted molar refractivity (Wildman–Crippen MR) is 73.7 cm³/mol. The van der Waals surface area contributed by atoms with E-state index in [0.717, 1.165) is 19.0 Å². The number of aromatic carboxylic acids is 1.